The fourth-order valence-corrected chi connectivity index (χ4v) is 11.6. The molecule has 2 aliphatic rings. The topological polar surface area (TPSA) is 3.24 Å². The molecule has 1 heteroatoms. The van der Waals surface area contributed by atoms with Gasteiger partial charge in [0.25, 0.3) is 0 Å². The second-order valence-electron chi connectivity index (χ2n) is 19.6. The molecule has 0 radical (unpaired) electrons. The molecule has 0 heterocycles. The molecule has 0 atom stereocenters. The molecule has 13 rings (SSSR count). The van der Waals surface area contributed by atoms with E-state index in [0.29, 0.717) is 0 Å². The molecule has 0 amide bonds. The summed E-state index contributed by atoms with van der Waals surface area (Å²) in [4.78, 5) is 2.50. The predicted molar refractivity (Wildman–Crippen MR) is 287 cm³/mol. The van der Waals surface area contributed by atoms with Gasteiger partial charge in [-0.3, -0.25) is 0 Å². The van der Waals surface area contributed by atoms with Gasteiger partial charge in [0, 0.05) is 16.9 Å². The second kappa shape index (κ2) is 15.4. The molecule has 322 valence electrons. The number of benzene rings is 11. The molecule has 1 nitrogen and oxygen atoms in total. The summed E-state index contributed by atoms with van der Waals surface area (Å²) in [7, 11) is 0. The minimum Gasteiger partial charge on any atom is -0.310 e. The van der Waals surface area contributed by atoms with Gasteiger partial charge in [-0.2, -0.15) is 0 Å². The maximum Gasteiger partial charge on any atom is 0.0725 e. The first-order valence-corrected chi connectivity index (χ1v) is 23.9. The van der Waals surface area contributed by atoms with Crippen LogP contribution in [-0.4, -0.2) is 0 Å². The van der Waals surface area contributed by atoms with Crippen molar-refractivity contribution in [1.29, 1.82) is 0 Å². The Morgan fingerprint density at radius 3 is 1.34 bits per heavy atom. The minimum atomic E-state index is -0.410. The number of hydrogen-bond acceptors (Lipinski definition) is 1. The predicted octanol–water partition coefficient (Wildman–Crippen LogP) is 18.1. The van der Waals surface area contributed by atoms with Gasteiger partial charge in [0.05, 0.1) is 11.1 Å². The summed E-state index contributed by atoms with van der Waals surface area (Å²) in [6.45, 7) is 6.80. The second-order valence-corrected chi connectivity index (χ2v) is 19.6. The third-order valence-corrected chi connectivity index (χ3v) is 14.9. The van der Waals surface area contributed by atoms with E-state index >= 15 is 0 Å². The van der Waals surface area contributed by atoms with Gasteiger partial charge in [-0.15, -0.1) is 0 Å². The average Bonchev–Trinajstić information content (AvgIpc) is 3.86. The molecule has 0 N–H and O–H groups in total. The van der Waals surface area contributed by atoms with Crippen LogP contribution in [0.3, 0.4) is 0 Å². The van der Waals surface area contributed by atoms with Crippen molar-refractivity contribution in [2.45, 2.75) is 31.6 Å². The van der Waals surface area contributed by atoms with E-state index in [2.05, 4.69) is 268 Å². The van der Waals surface area contributed by atoms with Crippen molar-refractivity contribution in [2.24, 2.45) is 0 Å². The van der Waals surface area contributed by atoms with Gasteiger partial charge in [0.2, 0.25) is 0 Å². The van der Waals surface area contributed by atoms with Crippen molar-refractivity contribution in [1.82, 2.24) is 0 Å². The van der Waals surface area contributed by atoms with E-state index in [9.17, 15) is 0 Å². The zero-order valence-corrected chi connectivity index (χ0v) is 38.5. The molecular formula is C67H49N. The summed E-state index contributed by atoms with van der Waals surface area (Å²) in [5, 5.41) is 4.90. The fraction of sp³-hybridized carbons (Fsp3) is 0.0746. The summed E-state index contributed by atoms with van der Waals surface area (Å²) in [6, 6.07) is 90.7. The first-order chi connectivity index (χ1) is 33.4. The van der Waals surface area contributed by atoms with Crippen LogP contribution >= 0.6 is 0 Å². The van der Waals surface area contributed by atoms with Crippen molar-refractivity contribution < 1.29 is 0 Å². The molecule has 2 aliphatic carbocycles. The maximum absolute atomic E-state index is 2.50. The van der Waals surface area contributed by atoms with Crippen LogP contribution in [0.15, 0.2) is 243 Å². The van der Waals surface area contributed by atoms with Crippen LogP contribution in [0.2, 0.25) is 0 Å². The first-order valence-electron chi connectivity index (χ1n) is 23.9. The highest BCUT2D eigenvalue weighted by Gasteiger charge is 2.51. The number of fused-ring (bicyclic) bond motifs is 12. The van der Waals surface area contributed by atoms with E-state index in [4.69, 9.17) is 0 Å². The molecular weight excluding hydrogens is 819 g/mol. The van der Waals surface area contributed by atoms with E-state index in [-0.39, 0.29) is 5.41 Å². The van der Waals surface area contributed by atoms with Crippen LogP contribution in [0.1, 0.15) is 48.6 Å². The van der Waals surface area contributed by atoms with E-state index in [0.717, 1.165) is 17.1 Å². The molecule has 0 aliphatic heterocycles. The highest BCUT2D eigenvalue weighted by Crippen LogP contribution is 2.63. The van der Waals surface area contributed by atoms with E-state index in [1.165, 1.54) is 105 Å². The van der Waals surface area contributed by atoms with Crippen LogP contribution in [0.5, 0.6) is 0 Å². The minimum absolute atomic E-state index is 0.125. The largest absolute Gasteiger partial charge is 0.310 e. The van der Waals surface area contributed by atoms with Gasteiger partial charge in [-0.05, 0) is 135 Å². The monoisotopic (exact) mass is 867 g/mol. The molecule has 11 aromatic carbocycles. The Balaban J connectivity index is 1.00. The Morgan fingerprint density at radius 2 is 0.750 bits per heavy atom. The molecule has 0 unspecified atom stereocenters. The van der Waals surface area contributed by atoms with Crippen molar-refractivity contribution in [3.05, 3.63) is 270 Å². The summed E-state index contributed by atoms with van der Waals surface area (Å²) in [6.07, 6.45) is 0. The lowest BCUT2D eigenvalue weighted by Crippen LogP contribution is -2.25. The fourth-order valence-electron chi connectivity index (χ4n) is 11.6. The highest BCUT2D eigenvalue weighted by atomic mass is 15.1. The smallest absolute Gasteiger partial charge is 0.0725 e. The van der Waals surface area contributed by atoms with Gasteiger partial charge >= 0.3 is 0 Å². The summed E-state index contributed by atoms with van der Waals surface area (Å²) < 4.78 is 0. The average molecular weight is 868 g/mol. The van der Waals surface area contributed by atoms with Crippen molar-refractivity contribution in [3.63, 3.8) is 0 Å². The van der Waals surface area contributed by atoms with E-state index in [1.807, 2.05) is 0 Å². The van der Waals surface area contributed by atoms with Crippen molar-refractivity contribution >= 4 is 38.6 Å². The third kappa shape index (κ3) is 6.09. The zero-order valence-electron chi connectivity index (χ0n) is 38.5. The lowest BCUT2D eigenvalue weighted by Gasteiger charge is -2.32. The quantitative estimate of drug-likeness (QED) is 0.161. The molecule has 0 fully saturated rings. The Hall–Kier alpha value is -8.26. The van der Waals surface area contributed by atoms with E-state index in [1.54, 1.807) is 0 Å². The van der Waals surface area contributed by atoms with Gasteiger partial charge in [-0.1, -0.05) is 233 Å². The van der Waals surface area contributed by atoms with Crippen molar-refractivity contribution in [3.8, 4) is 55.6 Å². The molecule has 68 heavy (non-hydrogen) atoms. The van der Waals surface area contributed by atoms with Crippen LogP contribution < -0.4 is 4.90 Å². The van der Waals surface area contributed by atoms with Crippen LogP contribution in [0, 0.1) is 0 Å². The number of nitrogens with zero attached hydrogens (tertiary/aromatic N) is 1. The Morgan fingerprint density at radius 1 is 0.324 bits per heavy atom. The number of hydrogen-bond donors (Lipinski definition) is 0. The van der Waals surface area contributed by atoms with Gasteiger partial charge in [0.1, 0.15) is 0 Å². The Kier molecular flexibility index (Phi) is 9.07. The van der Waals surface area contributed by atoms with Crippen LogP contribution in [0.4, 0.5) is 17.1 Å². The summed E-state index contributed by atoms with van der Waals surface area (Å²) in [5.41, 5.74) is 22.2. The number of anilines is 3. The molecule has 0 saturated carbocycles. The molecule has 0 bridgehead atoms. The lowest BCUT2D eigenvalue weighted by molar-refractivity contribution is 0.590. The maximum atomic E-state index is 2.50. The molecule has 1 spiro atoms. The van der Waals surface area contributed by atoms with Crippen molar-refractivity contribution in [2.75, 3.05) is 4.90 Å². The summed E-state index contributed by atoms with van der Waals surface area (Å²) >= 11 is 0. The SMILES string of the molecule is CC(C)(C)c1ccc(-c2ccc(-c3ccc(N(c4ccc5c(c4)-c4ccccc4C54c5ccccc5-c5ccccc54)c4ccc5ccccc5c4-c4cccc5ccccc45)cc3)cc2)cc1. The normalized spacial score (nSPS) is 13.0. The lowest BCUT2D eigenvalue weighted by atomic mass is 9.70. The molecule has 0 saturated heterocycles. The van der Waals surface area contributed by atoms with Gasteiger partial charge in [0.15, 0.2) is 0 Å². The third-order valence-electron chi connectivity index (χ3n) is 14.9. The standard InChI is InChI=1S/C67H49N/c1-66(2,3)50-36-31-46(32-37-50)44-27-29-45(30-28-44)47-33-38-51(39-34-47)68(64-42-35-49-16-5-7-19-54(49)65(64)58-23-14-17-48-15-4-6-18-53(48)58)52-40-41-63-59(43-52)57-22-10-13-26-62(57)67(63)60-24-11-8-20-55(60)56-21-9-12-25-61(56)67/h4-43H,1-3H3. The Labute approximate surface area is 399 Å². The summed E-state index contributed by atoms with van der Waals surface area (Å²) in [5.74, 6) is 0. The first kappa shape index (κ1) is 40.1. The van der Waals surface area contributed by atoms with Gasteiger partial charge in [-0.25, -0.2) is 0 Å². The Bertz CT molecular complexity index is 3700. The number of rotatable bonds is 6. The molecule has 0 aromatic heterocycles. The highest BCUT2D eigenvalue weighted by molar-refractivity contribution is 6.11. The molecule has 11 aromatic rings. The van der Waals surface area contributed by atoms with Crippen LogP contribution in [0.25, 0.3) is 77.2 Å². The zero-order chi connectivity index (χ0) is 45.6. The van der Waals surface area contributed by atoms with Gasteiger partial charge < -0.3 is 4.90 Å². The van der Waals surface area contributed by atoms with Crippen LogP contribution in [-0.2, 0) is 10.8 Å². The van der Waals surface area contributed by atoms with E-state index < -0.39 is 5.41 Å².